The molecule has 0 aliphatic heterocycles. The lowest BCUT2D eigenvalue weighted by Gasteiger charge is -2.12. The fourth-order valence-corrected chi connectivity index (χ4v) is 3.11. The van der Waals surface area contributed by atoms with Crippen molar-refractivity contribution < 1.29 is 8.42 Å². The maximum absolute atomic E-state index is 12.3. The lowest BCUT2D eigenvalue weighted by molar-refractivity contribution is 0.601. The van der Waals surface area contributed by atoms with E-state index >= 15 is 0 Å². The molecule has 0 aliphatic carbocycles. The molecule has 2 rings (SSSR count). The molecule has 0 aliphatic rings. The number of para-hydroxylation sites is 1. The van der Waals surface area contributed by atoms with Crippen LogP contribution >= 0.6 is 11.6 Å². The first-order chi connectivity index (χ1) is 9.94. The zero-order valence-electron chi connectivity index (χ0n) is 10.9. The van der Waals surface area contributed by atoms with Gasteiger partial charge in [0.25, 0.3) is 10.0 Å². The second kappa shape index (κ2) is 6.04. The van der Waals surface area contributed by atoms with E-state index in [-0.39, 0.29) is 27.7 Å². The second-order valence-electron chi connectivity index (χ2n) is 4.29. The van der Waals surface area contributed by atoms with Crippen molar-refractivity contribution in [2.75, 3.05) is 10.5 Å². The highest BCUT2D eigenvalue weighted by molar-refractivity contribution is 7.92. The van der Waals surface area contributed by atoms with Crippen molar-refractivity contribution in [2.45, 2.75) is 11.3 Å². The van der Waals surface area contributed by atoms with Crippen molar-refractivity contribution in [2.24, 2.45) is 0 Å². The largest absolute Gasteiger partial charge is 0.397 e. The Hall–Kier alpha value is -2.23. The molecule has 0 atom stereocenters. The SMILES string of the molecule is N#CCc1ccc(S(=O)(=O)Nc2c(N)cccc2Cl)cc1. The minimum Gasteiger partial charge on any atom is -0.397 e. The molecule has 0 heterocycles. The third-order valence-corrected chi connectivity index (χ3v) is 4.48. The van der Waals surface area contributed by atoms with Crippen LogP contribution in [0.5, 0.6) is 0 Å². The number of nitrogen functional groups attached to an aromatic ring is 1. The summed E-state index contributed by atoms with van der Waals surface area (Å²) in [6.45, 7) is 0. The standard InChI is InChI=1S/C14H12ClN3O2S/c15-12-2-1-3-13(17)14(12)18-21(19,20)11-6-4-10(5-7-11)8-9-16/h1-7,18H,8,17H2. The van der Waals surface area contributed by atoms with E-state index in [0.717, 1.165) is 5.56 Å². The van der Waals surface area contributed by atoms with Gasteiger partial charge in [-0.15, -0.1) is 0 Å². The van der Waals surface area contributed by atoms with E-state index in [1.165, 1.54) is 12.1 Å². The Morgan fingerprint density at radius 2 is 1.86 bits per heavy atom. The summed E-state index contributed by atoms with van der Waals surface area (Å²) in [5.41, 5.74) is 6.86. The molecule has 0 saturated heterocycles. The number of halogens is 1. The molecule has 0 aromatic heterocycles. The van der Waals surface area contributed by atoms with Crippen molar-refractivity contribution in [1.82, 2.24) is 0 Å². The number of anilines is 2. The molecule has 0 bridgehead atoms. The monoisotopic (exact) mass is 321 g/mol. The molecule has 21 heavy (non-hydrogen) atoms. The quantitative estimate of drug-likeness (QED) is 0.846. The van der Waals surface area contributed by atoms with E-state index in [4.69, 9.17) is 22.6 Å². The summed E-state index contributed by atoms with van der Waals surface area (Å²) < 4.78 is 26.9. The molecule has 2 aromatic rings. The summed E-state index contributed by atoms with van der Waals surface area (Å²) >= 11 is 5.95. The van der Waals surface area contributed by atoms with Gasteiger partial charge in [0.15, 0.2) is 0 Å². The first-order valence-electron chi connectivity index (χ1n) is 5.97. The van der Waals surface area contributed by atoms with Gasteiger partial charge in [-0.2, -0.15) is 5.26 Å². The molecule has 5 nitrogen and oxygen atoms in total. The summed E-state index contributed by atoms with van der Waals surface area (Å²) in [6.07, 6.45) is 0.227. The number of nitriles is 1. The maximum Gasteiger partial charge on any atom is 0.262 e. The van der Waals surface area contributed by atoms with E-state index in [9.17, 15) is 8.42 Å². The van der Waals surface area contributed by atoms with Crippen LogP contribution in [0.4, 0.5) is 11.4 Å². The van der Waals surface area contributed by atoms with Crippen molar-refractivity contribution in [3.05, 3.63) is 53.1 Å². The normalized spacial score (nSPS) is 10.9. The van der Waals surface area contributed by atoms with Gasteiger partial charge < -0.3 is 5.73 Å². The molecule has 0 saturated carbocycles. The molecule has 0 spiro atoms. The molecule has 0 amide bonds. The highest BCUT2D eigenvalue weighted by Crippen LogP contribution is 2.30. The van der Waals surface area contributed by atoms with Gasteiger partial charge >= 0.3 is 0 Å². The Balaban J connectivity index is 2.32. The Morgan fingerprint density at radius 1 is 1.19 bits per heavy atom. The van der Waals surface area contributed by atoms with Crippen LogP contribution in [0.25, 0.3) is 0 Å². The molecule has 3 N–H and O–H groups in total. The van der Waals surface area contributed by atoms with E-state index in [2.05, 4.69) is 4.72 Å². The summed E-state index contributed by atoms with van der Waals surface area (Å²) in [5, 5.41) is 8.82. The number of hydrogen-bond donors (Lipinski definition) is 2. The van der Waals surface area contributed by atoms with Gasteiger partial charge in [-0.25, -0.2) is 8.42 Å². The number of sulfonamides is 1. The fourth-order valence-electron chi connectivity index (χ4n) is 1.72. The van der Waals surface area contributed by atoms with Crippen LogP contribution in [-0.2, 0) is 16.4 Å². The van der Waals surface area contributed by atoms with Gasteiger partial charge in [-0.3, -0.25) is 4.72 Å². The van der Waals surface area contributed by atoms with Crippen LogP contribution in [0.15, 0.2) is 47.4 Å². The van der Waals surface area contributed by atoms with Crippen molar-refractivity contribution in [3.8, 4) is 6.07 Å². The Labute approximate surface area is 128 Å². The molecule has 2 aromatic carbocycles. The summed E-state index contributed by atoms with van der Waals surface area (Å²) in [7, 11) is -3.79. The fraction of sp³-hybridized carbons (Fsp3) is 0.0714. The first-order valence-corrected chi connectivity index (χ1v) is 7.83. The topological polar surface area (TPSA) is 96.0 Å². The Kier molecular flexibility index (Phi) is 4.36. The van der Waals surface area contributed by atoms with Crippen LogP contribution in [-0.4, -0.2) is 8.42 Å². The third-order valence-electron chi connectivity index (χ3n) is 2.80. The van der Waals surface area contributed by atoms with Crippen molar-refractivity contribution >= 4 is 33.0 Å². The van der Waals surface area contributed by atoms with Crippen molar-refractivity contribution in [3.63, 3.8) is 0 Å². The molecule has 0 radical (unpaired) electrons. The van der Waals surface area contributed by atoms with E-state index < -0.39 is 10.0 Å². The molecule has 0 unspecified atom stereocenters. The van der Waals surface area contributed by atoms with Gasteiger partial charge in [0.05, 0.1) is 33.8 Å². The van der Waals surface area contributed by atoms with Crippen molar-refractivity contribution in [1.29, 1.82) is 5.26 Å². The number of benzene rings is 2. The predicted molar refractivity (Wildman–Crippen MR) is 82.4 cm³/mol. The number of hydrogen-bond acceptors (Lipinski definition) is 4. The van der Waals surface area contributed by atoms with Crippen LogP contribution in [0, 0.1) is 11.3 Å². The van der Waals surface area contributed by atoms with Crippen LogP contribution in [0.1, 0.15) is 5.56 Å². The van der Waals surface area contributed by atoms with Crippen LogP contribution < -0.4 is 10.5 Å². The molecular formula is C14H12ClN3O2S. The highest BCUT2D eigenvalue weighted by Gasteiger charge is 2.17. The van der Waals surface area contributed by atoms with Gasteiger partial charge in [-0.05, 0) is 29.8 Å². The summed E-state index contributed by atoms with van der Waals surface area (Å²) in [6, 6.07) is 12.8. The Morgan fingerprint density at radius 3 is 2.43 bits per heavy atom. The zero-order chi connectivity index (χ0) is 15.5. The summed E-state index contributed by atoms with van der Waals surface area (Å²) in [5.74, 6) is 0. The maximum atomic E-state index is 12.3. The average Bonchev–Trinajstić information content (AvgIpc) is 2.44. The minimum absolute atomic E-state index is 0.0727. The third kappa shape index (κ3) is 3.45. The van der Waals surface area contributed by atoms with E-state index in [1.807, 2.05) is 6.07 Å². The second-order valence-corrected chi connectivity index (χ2v) is 6.38. The molecule has 108 valence electrons. The number of nitrogens with one attached hydrogen (secondary N) is 1. The number of nitrogens with two attached hydrogens (primary N) is 1. The lowest BCUT2D eigenvalue weighted by Crippen LogP contribution is -2.14. The summed E-state index contributed by atoms with van der Waals surface area (Å²) in [4.78, 5) is 0.0727. The average molecular weight is 322 g/mol. The smallest absolute Gasteiger partial charge is 0.262 e. The highest BCUT2D eigenvalue weighted by atomic mass is 35.5. The van der Waals surface area contributed by atoms with Gasteiger partial charge in [0.2, 0.25) is 0 Å². The van der Waals surface area contributed by atoms with E-state index in [1.54, 1.807) is 30.3 Å². The number of nitrogens with zero attached hydrogens (tertiary/aromatic N) is 1. The van der Waals surface area contributed by atoms with Crippen LogP contribution in [0.2, 0.25) is 5.02 Å². The molecule has 0 fully saturated rings. The van der Waals surface area contributed by atoms with E-state index in [0.29, 0.717) is 0 Å². The lowest BCUT2D eigenvalue weighted by atomic mass is 10.2. The molecule has 7 heteroatoms. The Bertz CT molecular complexity index is 776. The van der Waals surface area contributed by atoms with Gasteiger partial charge in [0.1, 0.15) is 0 Å². The zero-order valence-corrected chi connectivity index (χ0v) is 12.4. The predicted octanol–water partition coefficient (Wildman–Crippen LogP) is 2.79. The van der Waals surface area contributed by atoms with Gasteiger partial charge in [0, 0.05) is 0 Å². The van der Waals surface area contributed by atoms with Gasteiger partial charge in [-0.1, -0.05) is 29.8 Å². The minimum atomic E-state index is -3.79. The molecular weight excluding hydrogens is 310 g/mol. The first kappa shape index (κ1) is 15.2. The number of rotatable bonds is 4. The van der Waals surface area contributed by atoms with Crippen LogP contribution in [0.3, 0.4) is 0 Å².